The average Bonchev–Trinajstić information content (AvgIpc) is 2.47. The molecule has 22 heavy (non-hydrogen) atoms. The van der Waals surface area contributed by atoms with Crippen molar-refractivity contribution in [3.05, 3.63) is 0 Å². The number of nitrogens with one attached hydrogen (secondary N) is 1. The second-order valence-electron chi connectivity index (χ2n) is 6.39. The number of piperidine rings is 1. The predicted octanol–water partition coefficient (Wildman–Crippen LogP) is 3.05. The van der Waals surface area contributed by atoms with Crippen LogP contribution in [0, 0.1) is 5.92 Å². The average molecular weight is 322 g/mol. The van der Waals surface area contributed by atoms with Crippen LogP contribution in [-0.2, 0) is 0 Å². The highest BCUT2D eigenvalue weighted by Crippen LogP contribution is 2.37. The number of aliphatic hydroxyl groups excluding tert-OH is 1. The number of urea groups is 1. The summed E-state index contributed by atoms with van der Waals surface area (Å²) in [6.07, 6.45) is 0.268. The summed E-state index contributed by atoms with van der Waals surface area (Å²) < 4.78 is 37.9. The van der Waals surface area contributed by atoms with Gasteiger partial charge in [-0.1, -0.05) is 0 Å². The van der Waals surface area contributed by atoms with Gasteiger partial charge in [0.05, 0.1) is 5.92 Å². The van der Waals surface area contributed by atoms with E-state index in [0.29, 0.717) is 25.8 Å². The number of hydrogen-bond acceptors (Lipinski definition) is 2. The number of halogens is 3. The van der Waals surface area contributed by atoms with Crippen molar-refractivity contribution in [3.8, 4) is 0 Å². The summed E-state index contributed by atoms with van der Waals surface area (Å²) in [5.74, 6) is -1.22. The van der Waals surface area contributed by atoms with E-state index in [-0.39, 0.29) is 37.6 Å². The SMILES string of the molecule is O=C(NC1CCC(C(F)(F)F)CC1)N1CCCCC1CCO. The highest BCUT2D eigenvalue weighted by molar-refractivity contribution is 5.75. The van der Waals surface area contributed by atoms with Crippen molar-refractivity contribution in [3.63, 3.8) is 0 Å². The van der Waals surface area contributed by atoms with Gasteiger partial charge < -0.3 is 15.3 Å². The monoisotopic (exact) mass is 322 g/mol. The molecule has 2 N–H and O–H groups in total. The normalized spacial score (nSPS) is 30.2. The predicted molar refractivity (Wildman–Crippen MR) is 76.4 cm³/mol. The second kappa shape index (κ2) is 7.53. The van der Waals surface area contributed by atoms with Crippen LogP contribution in [0.1, 0.15) is 51.4 Å². The Labute approximate surface area is 129 Å². The third-order valence-electron chi connectivity index (χ3n) is 4.87. The fraction of sp³-hybridized carbons (Fsp3) is 0.933. The van der Waals surface area contributed by atoms with Crippen LogP contribution < -0.4 is 5.32 Å². The van der Waals surface area contributed by atoms with E-state index in [2.05, 4.69) is 5.32 Å². The van der Waals surface area contributed by atoms with E-state index < -0.39 is 12.1 Å². The zero-order valence-electron chi connectivity index (χ0n) is 12.7. The molecule has 7 heteroatoms. The molecule has 4 nitrogen and oxygen atoms in total. The van der Waals surface area contributed by atoms with Crippen LogP contribution in [0.4, 0.5) is 18.0 Å². The standard InChI is InChI=1S/C15H25F3N2O2/c16-15(17,18)11-4-6-12(7-5-11)19-14(22)20-9-2-1-3-13(20)8-10-21/h11-13,21H,1-10H2,(H,19,22). The van der Waals surface area contributed by atoms with E-state index >= 15 is 0 Å². The lowest BCUT2D eigenvalue weighted by molar-refractivity contribution is -0.182. The van der Waals surface area contributed by atoms with Crippen LogP contribution in [0.15, 0.2) is 0 Å². The van der Waals surface area contributed by atoms with Gasteiger partial charge in [0.2, 0.25) is 0 Å². The third kappa shape index (κ3) is 4.51. The van der Waals surface area contributed by atoms with Gasteiger partial charge in [0.15, 0.2) is 0 Å². The fourth-order valence-electron chi connectivity index (χ4n) is 3.54. The molecule has 1 aliphatic carbocycles. The molecule has 1 saturated heterocycles. The van der Waals surface area contributed by atoms with Crippen molar-refractivity contribution in [1.82, 2.24) is 10.2 Å². The number of rotatable bonds is 3. The molecule has 2 amide bonds. The highest BCUT2D eigenvalue weighted by Gasteiger charge is 2.41. The first-order valence-corrected chi connectivity index (χ1v) is 8.16. The molecular weight excluding hydrogens is 297 g/mol. The van der Waals surface area contributed by atoms with Gasteiger partial charge in [0, 0.05) is 25.2 Å². The van der Waals surface area contributed by atoms with Gasteiger partial charge in [-0.3, -0.25) is 0 Å². The minimum Gasteiger partial charge on any atom is -0.396 e. The maximum Gasteiger partial charge on any atom is 0.391 e. The maximum atomic E-state index is 12.6. The smallest absolute Gasteiger partial charge is 0.391 e. The Morgan fingerprint density at radius 3 is 2.41 bits per heavy atom. The second-order valence-corrected chi connectivity index (χ2v) is 6.39. The first kappa shape index (κ1) is 17.4. The summed E-state index contributed by atoms with van der Waals surface area (Å²) in [7, 11) is 0. The summed E-state index contributed by atoms with van der Waals surface area (Å²) in [5, 5.41) is 12.0. The molecule has 0 aromatic carbocycles. The molecule has 0 aromatic rings. The van der Waals surface area contributed by atoms with Crippen molar-refractivity contribution in [2.75, 3.05) is 13.2 Å². The van der Waals surface area contributed by atoms with E-state index in [0.717, 1.165) is 19.3 Å². The van der Waals surface area contributed by atoms with Crippen LogP contribution in [0.25, 0.3) is 0 Å². The van der Waals surface area contributed by atoms with Gasteiger partial charge in [0.1, 0.15) is 0 Å². The Bertz CT molecular complexity index is 366. The number of carbonyl (C=O) groups is 1. The zero-order valence-corrected chi connectivity index (χ0v) is 12.7. The molecule has 2 fully saturated rings. The van der Waals surface area contributed by atoms with E-state index in [4.69, 9.17) is 5.11 Å². The number of aliphatic hydroxyl groups is 1. The highest BCUT2D eigenvalue weighted by atomic mass is 19.4. The molecule has 0 bridgehead atoms. The minimum atomic E-state index is -4.12. The fourth-order valence-corrected chi connectivity index (χ4v) is 3.54. The molecular formula is C15H25F3N2O2. The molecule has 2 aliphatic rings. The lowest BCUT2D eigenvalue weighted by atomic mass is 9.85. The van der Waals surface area contributed by atoms with E-state index in [1.54, 1.807) is 4.90 Å². The molecule has 1 unspecified atom stereocenters. The Morgan fingerprint density at radius 2 is 1.82 bits per heavy atom. The Kier molecular flexibility index (Phi) is 5.94. The molecule has 2 rings (SSSR count). The molecule has 1 aliphatic heterocycles. The number of likely N-dealkylation sites (tertiary alicyclic amines) is 1. The topological polar surface area (TPSA) is 52.6 Å². The van der Waals surface area contributed by atoms with E-state index in [1.807, 2.05) is 0 Å². The van der Waals surface area contributed by atoms with Crippen molar-refractivity contribution in [2.45, 2.75) is 69.6 Å². The number of carbonyl (C=O) groups excluding carboxylic acids is 1. The number of alkyl halides is 3. The summed E-state index contributed by atoms with van der Waals surface area (Å²) in [6.45, 7) is 0.708. The van der Waals surface area contributed by atoms with Crippen molar-refractivity contribution >= 4 is 6.03 Å². The van der Waals surface area contributed by atoms with Crippen LogP contribution >= 0.6 is 0 Å². The van der Waals surface area contributed by atoms with Gasteiger partial charge in [-0.25, -0.2) is 4.79 Å². The lowest BCUT2D eigenvalue weighted by Gasteiger charge is -2.37. The van der Waals surface area contributed by atoms with Gasteiger partial charge in [-0.05, 0) is 51.4 Å². The van der Waals surface area contributed by atoms with Crippen LogP contribution in [0.2, 0.25) is 0 Å². The van der Waals surface area contributed by atoms with Crippen LogP contribution in [0.5, 0.6) is 0 Å². The van der Waals surface area contributed by atoms with Crippen LogP contribution in [0.3, 0.4) is 0 Å². The van der Waals surface area contributed by atoms with E-state index in [9.17, 15) is 18.0 Å². The van der Waals surface area contributed by atoms with Crippen molar-refractivity contribution in [2.24, 2.45) is 5.92 Å². The number of hydrogen-bond donors (Lipinski definition) is 2. The van der Waals surface area contributed by atoms with Gasteiger partial charge in [-0.15, -0.1) is 0 Å². The summed E-state index contributed by atoms with van der Waals surface area (Å²) in [4.78, 5) is 14.1. The first-order valence-electron chi connectivity index (χ1n) is 8.16. The Balaban J connectivity index is 1.82. The third-order valence-corrected chi connectivity index (χ3v) is 4.87. The molecule has 1 heterocycles. The largest absolute Gasteiger partial charge is 0.396 e. The Morgan fingerprint density at radius 1 is 1.14 bits per heavy atom. The Hall–Kier alpha value is -0.980. The quantitative estimate of drug-likeness (QED) is 0.839. The molecule has 0 aromatic heterocycles. The van der Waals surface area contributed by atoms with E-state index in [1.165, 1.54) is 0 Å². The number of nitrogens with zero attached hydrogens (tertiary/aromatic N) is 1. The number of amides is 2. The van der Waals surface area contributed by atoms with Gasteiger partial charge >= 0.3 is 12.2 Å². The minimum absolute atomic E-state index is 0.0465. The van der Waals surface area contributed by atoms with Crippen molar-refractivity contribution < 1.29 is 23.1 Å². The molecule has 1 saturated carbocycles. The zero-order chi connectivity index (χ0) is 16.2. The maximum absolute atomic E-state index is 12.6. The summed E-state index contributed by atoms with van der Waals surface area (Å²) in [5.41, 5.74) is 0. The molecule has 128 valence electrons. The van der Waals surface area contributed by atoms with Crippen molar-refractivity contribution in [1.29, 1.82) is 0 Å². The first-order chi connectivity index (χ1) is 10.4. The summed E-state index contributed by atoms with van der Waals surface area (Å²) in [6, 6.07) is -0.304. The van der Waals surface area contributed by atoms with Gasteiger partial charge in [-0.2, -0.15) is 13.2 Å². The molecule has 1 atom stereocenters. The van der Waals surface area contributed by atoms with Crippen LogP contribution in [-0.4, -0.2) is 47.4 Å². The van der Waals surface area contributed by atoms with Gasteiger partial charge in [0.25, 0.3) is 0 Å². The summed E-state index contributed by atoms with van der Waals surface area (Å²) >= 11 is 0. The molecule has 0 spiro atoms. The lowest BCUT2D eigenvalue weighted by Crippen LogP contribution is -2.52. The molecule has 0 radical (unpaired) electrons.